The number of hydrogen-bond acceptors (Lipinski definition) is 2. The maximum atomic E-state index is 6.76. The van der Waals surface area contributed by atoms with Crippen LogP contribution in [-0.2, 0) is 5.41 Å². The second-order valence-electron chi connectivity index (χ2n) is 11.4. The first-order chi connectivity index (χ1) is 20.1. The molecule has 0 bridgehead atoms. The lowest BCUT2D eigenvalue weighted by molar-refractivity contribution is 0.653. The molecule has 0 spiro atoms. The fourth-order valence-corrected chi connectivity index (χ4v) is 6.64. The predicted octanol–water partition coefficient (Wildman–Crippen LogP) is 11.0. The van der Waals surface area contributed by atoms with Gasteiger partial charge in [-0.15, -0.1) is 0 Å². The van der Waals surface area contributed by atoms with Crippen LogP contribution in [-0.4, -0.2) is 0 Å². The van der Waals surface area contributed by atoms with Crippen molar-refractivity contribution in [1.82, 2.24) is 0 Å². The van der Waals surface area contributed by atoms with Gasteiger partial charge in [-0.1, -0.05) is 117 Å². The van der Waals surface area contributed by atoms with E-state index in [9.17, 15) is 0 Å². The topological polar surface area (TPSA) is 16.4 Å². The Labute approximate surface area is 240 Å². The second-order valence-corrected chi connectivity index (χ2v) is 11.4. The third-order valence-corrected chi connectivity index (χ3v) is 8.66. The minimum absolute atomic E-state index is 0.159. The first-order valence-corrected chi connectivity index (χ1v) is 14.2. The van der Waals surface area contributed by atoms with Crippen molar-refractivity contribution in [3.8, 4) is 22.3 Å². The predicted molar refractivity (Wildman–Crippen MR) is 171 cm³/mol. The minimum atomic E-state index is -0.159. The third-order valence-electron chi connectivity index (χ3n) is 8.66. The van der Waals surface area contributed by atoms with E-state index in [1.165, 1.54) is 33.4 Å². The number of anilines is 3. The lowest BCUT2D eigenvalue weighted by atomic mass is 9.82. The highest BCUT2D eigenvalue weighted by Crippen LogP contribution is 2.56. The fraction of sp³-hybridized carbons (Fsp3) is 0.0769. The highest BCUT2D eigenvalue weighted by atomic mass is 16.3. The van der Waals surface area contributed by atoms with E-state index in [-0.39, 0.29) is 5.41 Å². The molecule has 196 valence electrons. The Morgan fingerprint density at radius 1 is 0.561 bits per heavy atom. The summed E-state index contributed by atoms with van der Waals surface area (Å²) in [7, 11) is 0. The molecule has 0 N–H and O–H groups in total. The van der Waals surface area contributed by atoms with Crippen molar-refractivity contribution < 1.29 is 4.42 Å². The van der Waals surface area contributed by atoms with E-state index >= 15 is 0 Å². The largest absolute Gasteiger partial charge is 0.455 e. The molecule has 0 saturated heterocycles. The Morgan fingerprint density at radius 3 is 1.95 bits per heavy atom. The highest BCUT2D eigenvalue weighted by molar-refractivity contribution is 6.18. The van der Waals surface area contributed by atoms with Crippen LogP contribution in [0, 0.1) is 0 Å². The molecule has 8 rings (SSSR count). The van der Waals surface area contributed by atoms with Gasteiger partial charge in [0.1, 0.15) is 11.2 Å². The van der Waals surface area contributed by atoms with Crippen LogP contribution in [0.1, 0.15) is 25.0 Å². The van der Waals surface area contributed by atoms with E-state index in [1.807, 2.05) is 0 Å². The number of para-hydroxylation sites is 2. The molecular formula is C39H29NO. The van der Waals surface area contributed by atoms with E-state index in [0.717, 1.165) is 39.0 Å². The molecular weight excluding hydrogens is 498 g/mol. The van der Waals surface area contributed by atoms with Gasteiger partial charge in [0.05, 0.1) is 11.1 Å². The number of nitrogens with zero attached hydrogens (tertiary/aromatic N) is 1. The molecule has 2 heteroatoms. The Bertz CT molecular complexity index is 2050. The Kier molecular flexibility index (Phi) is 5.20. The Balaban J connectivity index is 1.44. The number of furan rings is 1. The van der Waals surface area contributed by atoms with Crippen LogP contribution in [0.4, 0.5) is 17.1 Å². The smallest absolute Gasteiger partial charge is 0.145 e. The molecule has 1 aliphatic rings. The van der Waals surface area contributed by atoms with Gasteiger partial charge in [-0.3, -0.25) is 0 Å². The average molecular weight is 528 g/mol. The van der Waals surface area contributed by atoms with Gasteiger partial charge in [0.15, 0.2) is 0 Å². The monoisotopic (exact) mass is 527 g/mol. The van der Waals surface area contributed by atoms with Crippen LogP contribution in [0.2, 0.25) is 0 Å². The number of hydrogen-bond donors (Lipinski definition) is 0. The van der Waals surface area contributed by atoms with Crippen molar-refractivity contribution in [2.24, 2.45) is 0 Å². The molecule has 0 amide bonds. The van der Waals surface area contributed by atoms with Crippen LogP contribution in [0.15, 0.2) is 144 Å². The van der Waals surface area contributed by atoms with Crippen LogP contribution >= 0.6 is 0 Å². The summed E-state index contributed by atoms with van der Waals surface area (Å²) in [5, 5.41) is 2.27. The zero-order chi connectivity index (χ0) is 27.6. The van der Waals surface area contributed by atoms with Crippen LogP contribution in [0.3, 0.4) is 0 Å². The number of benzene rings is 6. The summed E-state index contributed by atoms with van der Waals surface area (Å²) in [6.07, 6.45) is 0. The van der Waals surface area contributed by atoms with Crippen molar-refractivity contribution in [2.75, 3.05) is 4.90 Å². The summed E-state index contributed by atoms with van der Waals surface area (Å²) in [6.45, 7) is 4.66. The molecule has 0 saturated carbocycles. The zero-order valence-electron chi connectivity index (χ0n) is 23.1. The molecule has 7 aromatic rings. The Morgan fingerprint density at radius 2 is 1.17 bits per heavy atom. The van der Waals surface area contributed by atoms with Gasteiger partial charge in [-0.2, -0.15) is 0 Å². The summed E-state index contributed by atoms with van der Waals surface area (Å²) < 4.78 is 6.76. The van der Waals surface area contributed by atoms with Crippen LogP contribution < -0.4 is 4.90 Å². The standard InChI is InChI=1S/C39H29NO/c1-39(2)32-19-11-9-17-30(32)36-33(39)25-34(37-31-18-10-12-20-35(31)41-38(36)37)40(28-15-7-4-8-16-28)29-23-21-27(22-24-29)26-13-5-3-6-14-26/h3-25H,1-2H3. The van der Waals surface area contributed by atoms with Gasteiger partial charge in [0.25, 0.3) is 0 Å². The third kappa shape index (κ3) is 3.57. The maximum absolute atomic E-state index is 6.76. The zero-order valence-corrected chi connectivity index (χ0v) is 23.1. The Hall–Kier alpha value is -5.08. The highest BCUT2D eigenvalue weighted by Gasteiger charge is 2.39. The quantitative estimate of drug-likeness (QED) is 0.226. The van der Waals surface area contributed by atoms with Crippen molar-refractivity contribution >= 4 is 39.0 Å². The van der Waals surface area contributed by atoms with Crippen LogP contribution in [0.5, 0.6) is 0 Å². The van der Waals surface area contributed by atoms with E-state index < -0.39 is 0 Å². The minimum Gasteiger partial charge on any atom is -0.455 e. The molecule has 0 fully saturated rings. The number of fused-ring (bicyclic) bond motifs is 7. The van der Waals surface area contributed by atoms with Gasteiger partial charge in [-0.05, 0) is 64.2 Å². The molecule has 0 radical (unpaired) electrons. The summed E-state index contributed by atoms with van der Waals surface area (Å²) >= 11 is 0. The van der Waals surface area contributed by atoms with Gasteiger partial charge < -0.3 is 9.32 Å². The van der Waals surface area contributed by atoms with Crippen molar-refractivity contribution in [1.29, 1.82) is 0 Å². The fourth-order valence-electron chi connectivity index (χ4n) is 6.64. The van der Waals surface area contributed by atoms with E-state index in [1.54, 1.807) is 0 Å². The average Bonchev–Trinajstić information content (AvgIpc) is 3.52. The second kappa shape index (κ2) is 8.97. The first kappa shape index (κ1) is 23.8. The van der Waals surface area contributed by atoms with Gasteiger partial charge in [-0.25, -0.2) is 0 Å². The van der Waals surface area contributed by atoms with E-state index in [0.29, 0.717) is 0 Å². The van der Waals surface area contributed by atoms with Crippen molar-refractivity contribution in [3.63, 3.8) is 0 Å². The normalized spacial score (nSPS) is 13.3. The molecule has 0 unspecified atom stereocenters. The summed E-state index contributed by atoms with van der Waals surface area (Å²) in [5.74, 6) is 0. The molecule has 1 aliphatic carbocycles. The molecule has 0 atom stereocenters. The molecule has 1 heterocycles. The van der Waals surface area contributed by atoms with E-state index in [4.69, 9.17) is 4.42 Å². The summed E-state index contributed by atoms with van der Waals surface area (Å²) in [6, 6.07) is 49.8. The number of rotatable bonds is 4. The maximum Gasteiger partial charge on any atom is 0.145 e. The van der Waals surface area contributed by atoms with Gasteiger partial charge in [0, 0.05) is 27.7 Å². The summed E-state index contributed by atoms with van der Waals surface area (Å²) in [4.78, 5) is 2.39. The molecule has 2 nitrogen and oxygen atoms in total. The van der Waals surface area contributed by atoms with Crippen molar-refractivity contribution in [2.45, 2.75) is 19.3 Å². The van der Waals surface area contributed by atoms with Gasteiger partial charge in [0.2, 0.25) is 0 Å². The molecule has 41 heavy (non-hydrogen) atoms. The first-order valence-electron chi connectivity index (χ1n) is 14.2. The van der Waals surface area contributed by atoms with E-state index in [2.05, 4.69) is 158 Å². The lowest BCUT2D eigenvalue weighted by Crippen LogP contribution is -2.16. The molecule has 0 aliphatic heterocycles. The molecule has 6 aromatic carbocycles. The SMILES string of the molecule is CC1(C)c2ccccc2-c2c1cc(N(c1ccccc1)c1ccc(-c3ccccc3)cc1)c1c2oc2ccccc21. The summed E-state index contributed by atoms with van der Waals surface area (Å²) in [5.41, 5.74) is 12.6. The lowest BCUT2D eigenvalue weighted by Gasteiger charge is -2.29. The van der Waals surface area contributed by atoms with Gasteiger partial charge >= 0.3 is 0 Å². The van der Waals surface area contributed by atoms with Crippen molar-refractivity contribution in [3.05, 3.63) is 151 Å². The molecule has 1 aromatic heterocycles. The van der Waals surface area contributed by atoms with Crippen LogP contribution in [0.25, 0.3) is 44.2 Å².